The molecule has 0 bridgehead atoms. The van der Waals surface area contributed by atoms with Crippen LogP contribution in [0.25, 0.3) is 0 Å². The minimum Gasteiger partial charge on any atom is -0.358 e. The fourth-order valence-corrected chi connectivity index (χ4v) is 8.27. The minimum absolute atomic E-state index is 0. The van der Waals surface area contributed by atoms with Gasteiger partial charge in [0, 0.05) is 0 Å². The first-order valence-corrected chi connectivity index (χ1v) is 27.3. The van der Waals surface area contributed by atoms with Gasteiger partial charge in [0.1, 0.15) is 0 Å². The maximum atomic E-state index is 2.36. The summed E-state index contributed by atoms with van der Waals surface area (Å²) in [4.78, 5) is 0. The summed E-state index contributed by atoms with van der Waals surface area (Å²) in [6, 6.07) is 0. The second kappa shape index (κ2) is 23.8. The van der Waals surface area contributed by atoms with E-state index in [-0.39, 0.29) is 95.6 Å². The Morgan fingerprint density at radius 3 is 0.425 bits per heavy atom. The molecule has 218 valence electrons. The van der Waals surface area contributed by atoms with Crippen LogP contribution < -0.4 is 0 Å². The average Bonchev–Trinajstić information content (AvgIpc) is 3.57. The molecular formula is C34H58Si4Sm2+4. The summed E-state index contributed by atoms with van der Waals surface area (Å²) in [5.74, 6) is 0. The van der Waals surface area contributed by atoms with Crippen LogP contribution >= 0.6 is 0 Å². The van der Waals surface area contributed by atoms with Crippen molar-refractivity contribution in [2.75, 3.05) is 0 Å². The van der Waals surface area contributed by atoms with Gasteiger partial charge in [0.05, 0.1) is 32.3 Å². The zero-order valence-corrected chi connectivity index (χ0v) is 37.3. The van der Waals surface area contributed by atoms with Gasteiger partial charge in [-0.25, -0.2) is 0 Å². The van der Waals surface area contributed by atoms with Crippen LogP contribution in [-0.2, 0) is 0 Å². The van der Waals surface area contributed by atoms with Crippen molar-refractivity contribution in [2.45, 2.75) is 78.6 Å². The topological polar surface area (TPSA) is 0 Å². The summed E-state index contributed by atoms with van der Waals surface area (Å²) in [5, 5.41) is 0. The van der Waals surface area contributed by atoms with E-state index >= 15 is 0 Å². The van der Waals surface area contributed by atoms with E-state index in [4.69, 9.17) is 0 Å². The molecule has 0 nitrogen and oxygen atoms in total. The molecule has 0 aromatic rings. The normalized spacial score (nSPS) is 20.7. The Morgan fingerprint density at radius 1 is 0.275 bits per heavy atom. The first kappa shape index (κ1) is 50.4. The van der Waals surface area contributed by atoms with Crippen molar-refractivity contribution < 1.29 is 80.8 Å². The average molecular weight is 880 g/mol. The van der Waals surface area contributed by atoms with Crippen LogP contribution in [0.4, 0.5) is 0 Å². The van der Waals surface area contributed by atoms with Gasteiger partial charge in [0.15, 0.2) is 0 Å². The standard InChI is InChI=1S/4C8H13Si.2CH3.2Sm/c4*1-9(2,3)8-6-4-5-7-8;;;;/h4*4-7H,1-3H3;2*1H3;;/q;;;;2*-1;2*+3. The van der Waals surface area contributed by atoms with Crippen LogP contribution in [0.5, 0.6) is 0 Å². The van der Waals surface area contributed by atoms with Crippen LogP contribution in [0, 0.1) is 221 Å². The van der Waals surface area contributed by atoms with Crippen LogP contribution in [0.2, 0.25) is 78.6 Å². The van der Waals surface area contributed by atoms with Gasteiger partial charge in [0.25, 0.3) is 0 Å². The molecule has 4 aliphatic rings. The first-order chi connectivity index (χ1) is 16.4. The molecule has 22 radical (unpaired) electrons. The van der Waals surface area contributed by atoms with Crippen molar-refractivity contribution in [1.82, 2.24) is 0 Å². The van der Waals surface area contributed by atoms with Crippen LogP contribution in [0.3, 0.4) is 0 Å². The fraction of sp³-hybridized carbons (Fsp3) is 0.353. The van der Waals surface area contributed by atoms with E-state index in [1.807, 2.05) is 0 Å². The molecule has 0 spiro atoms. The third-order valence-electron chi connectivity index (χ3n) is 6.11. The molecule has 0 unspecified atom stereocenters. The Hall–Kier alpha value is 3.54. The summed E-state index contributed by atoms with van der Waals surface area (Å²) < 4.78 is 0. The molecule has 6 heteroatoms. The van der Waals surface area contributed by atoms with Gasteiger partial charge < -0.3 is 14.9 Å². The van der Waals surface area contributed by atoms with Gasteiger partial charge in [-0.3, -0.25) is 0 Å². The van der Waals surface area contributed by atoms with Crippen LogP contribution in [0.15, 0.2) is 0 Å². The molecule has 0 heterocycles. The molecule has 0 atom stereocenters. The molecule has 0 N–H and O–H groups in total. The molecule has 40 heavy (non-hydrogen) atoms. The molecule has 0 aromatic carbocycles. The zero-order chi connectivity index (χ0) is 27.6. The van der Waals surface area contributed by atoms with Gasteiger partial charge >= 0.3 is 80.8 Å². The van der Waals surface area contributed by atoms with Gasteiger partial charge in [-0.15, -0.1) is 0 Å². The predicted octanol–water partition coefficient (Wildman–Crippen LogP) is 9.98. The van der Waals surface area contributed by atoms with Crippen molar-refractivity contribution in [1.29, 1.82) is 0 Å². The van der Waals surface area contributed by atoms with Crippen LogP contribution in [-0.4, -0.2) is 32.3 Å². The monoisotopic (exact) mass is 882 g/mol. The third kappa shape index (κ3) is 22.1. The number of hydrogen-bond acceptors (Lipinski definition) is 0. The quantitative estimate of drug-likeness (QED) is 0.195. The summed E-state index contributed by atoms with van der Waals surface area (Å²) in [7, 11) is -3.92. The van der Waals surface area contributed by atoms with Gasteiger partial charge in [-0.05, 0) is 125 Å². The summed E-state index contributed by atoms with van der Waals surface area (Å²) in [6.07, 6.45) is 34.8. The van der Waals surface area contributed by atoms with Crippen molar-refractivity contribution in [3.63, 3.8) is 0 Å². The van der Waals surface area contributed by atoms with Gasteiger partial charge in [-0.1, -0.05) is 78.6 Å². The smallest absolute Gasteiger partial charge is 0.358 e. The van der Waals surface area contributed by atoms with Gasteiger partial charge in [-0.2, -0.15) is 0 Å². The third-order valence-corrected chi connectivity index (χ3v) is 14.4. The Morgan fingerprint density at radius 2 is 0.375 bits per heavy atom. The van der Waals surface area contributed by atoms with E-state index in [1.54, 1.807) is 22.2 Å². The molecule has 0 aliphatic heterocycles. The second-order valence-electron chi connectivity index (χ2n) is 13.7. The van der Waals surface area contributed by atoms with Crippen molar-refractivity contribution in [3.05, 3.63) is 140 Å². The molecule has 4 aliphatic carbocycles. The predicted molar refractivity (Wildman–Crippen MR) is 188 cm³/mol. The first-order valence-electron chi connectivity index (χ1n) is 13.3. The SMILES string of the molecule is C[Si](C)(C)[C]1[CH][CH][CH][CH]1.C[Si](C)(C)[C]1[CH][CH][CH][CH]1.C[Si](C)(C)[C]1[CH][CH][CH][CH]1.C[Si](C)(C)[C]1[CH][CH][CH][CH]1.[CH3-].[CH3-].[Sm+3].[Sm+3]. The van der Waals surface area contributed by atoms with Crippen LogP contribution in [0.1, 0.15) is 0 Å². The van der Waals surface area contributed by atoms with E-state index in [9.17, 15) is 0 Å². The Balaban J connectivity index is -0.000000209. The molecule has 0 aromatic heterocycles. The van der Waals surface area contributed by atoms with E-state index < -0.39 is 32.3 Å². The van der Waals surface area contributed by atoms with E-state index in [0.29, 0.717) is 0 Å². The molecule has 0 saturated heterocycles. The molecule has 4 rings (SSSR count). The summed E-state index contributed by atoms with van der Waals surface area (Å²) >= 11 is 0. The fourth-order valence-electron chi connectivity index (χ4n) is 3.50. The second-order valence-corrected chi connectivity index (χ2v) is 34.0. The van der Waals surface area contributed by atoms with E-state index in [0.717, 1.165) is 0 Å². The zero-order valence-electron chi connectivity index (χ0n) is 28.1. The minimum atomic E-state index is -0.981. The maximum absolute atomic E-state index is 2.36. The van der Waals surface area contributed by atoms with Gasteiger partial charge in [0.2, 0.25) is 0 Å². The largest absolute Gasteiger partial charge is 3.00 e. The van der Waals surface area contributed by atoms with E-state index in [2.05, 4.69) is 181 Å². The molecule has 0 amide bonds. The van der Waals surface area contributed by atoms with Crippen molar-refractivity contribution in [3.8, 4) is 0 Å². The maximum Gasteiger partial charge on any atom is 3.00 e. The number of rotatable bonds is 4. The Bertz CT molecular complexity index is 457. The van der Waals surface area contributed by atoms with E-state index in [1.165, 1.54) is 0 Å². The Labute approximate surface area is 327 Å². The summed E-state index contributed by atoms with van der Waals surface area (Å²) in [5.41, 5.74) is 6.23. The molecule has 4 fully saturated rings. The molecular weight excluding hydrogens is 821 g/mol. The summed E-state index contributed by atoms with van der Waals surface area (Å²) in [6.45, 7) is 28.4. The molecule has 4 saturated carbocycles. The Kier molecular flexibility index (Phi) is 30.0. The van der Waals surface area contributed by atoms with Crippen molar-refractivity contribution in [2.24, 2.45) is 0 Å². The van der Waals surface area contributed by atoms with Crippen molar-refractivity contribution >= 4 is 32.3 Å². The number of hydrogen-bond donors (Lipinski definition) is 0.